The molecule has 0 aromatic heterocycles. The Balaban J connectivity index is 4.06. The van der Waals surface area contributed by atoms with Crippen LogP contribution < -0.4 is 16.4 Å². The summed E-state index contributed by atoms with van der Waals surface area (Å²) in [6.07, 6.45) is 0. The van der Waals surface area contributed by atoms with Crippen LogP contribution in [0.2, 0.25) is 0 Å². The number of urea groups is 1. The molecule has 0 aromatic carbocycles. The molecule has 0 bridgehead atoms. The Labute approximate surface area is 86.6 Å². The molecule has 0 aliphatic rings. The average molecular weight is 201 g/mol. The maximum Gasteiger partial charge on any atom is 0.314 e. The third kappa shape index (κ3) is 3.96. The summed E-state index contributed by atoms with van der Waals surface area (Å²) >= 11 is 0. The molecule has 0 spiro atoms. The summed E-state index contributed by atoms with van der Waals surface area (Å²) in [5.74, 6) is 0. The van der Waals surface area contributed by atoms with Crippen molar-refractivity contribution in [2.75, 3.05) is 13.1 Å². The van der Waals surface area contributed by atoms with Gasteiger partial charge >= 0.3 is 6.03 Å². The van der Waals surface area contributed by atoms with Crippen LogP contribution in [0.25, 0.3) is 0 Å². The molecule has 4 nitrogen and oxygen atoms in total. The van der Waals surface area contributed by atoms with E-state index in [-0.39, 0.29) is 11.4 Å². The molecule has 4 N–H and O–H groups in total. The van der Waals surface area contributed by atoms with E-state index in [2.05, 4.69) is 31.4 Å². The van der Waals surface area contributed by atoms with Crippen molar-refractivity contribution in [3.8, 4) is 0 Å². The molecule has 1 atom stereocenters. The summed E-state index contributed by atoms with van der Waals surface area (Å²) < 4.78 is 0. The molecule has 0 saturated heterocycles. The molecule has 84 valence electrons. The van der Waals surface area contributed by atoms with Crippen molar-refractivity contribution in [3.05, 3.63) is 0 Å². The third-order valence-corrected chi connectivity index (χ3v) is 2.67. The Morgan fingerprint density at radius 3 is 2.07 bits per heavy atom. The normalized spacial score (nSPS) is 15.9. The van der Waals surface area contributed by atoms with Gasteiger partial charge in [-0.25, -0.2) is 4.79 Å². The number of carbonyl (C=O) groups is 1. The van der Waals surface area contributed by atoms with Crippen molar-refractivity contribution in [2.24, 2.45) is 11.1 Å². The lowest BCUT2D eigenvalue weighted by Crippen LogP contribution is -2.57. The molecule has 0 fully saturated rings. The zero-order chi connectivity index (χ0) is 11.4. The van der Waals surface area contributed by atoms with Crippen molar-refractivity contribution >= 4 is 6.03 Å². The molecule has 14 heavy (non-hydrogen) atoms. The molecular formula is C10H23N3O. The van der Waals surface area contributed by atoms with Crippen LogP contribution in [0.15, 0.2) is 0 Å². The van der Waals surface area contributed by atoms with Crippen LogP contribution in [0.1, 0.15) is 34.6 Å². The van der Waals surface area contributed by atoms with E-state index >= 15 is 0 Å². The van der Waals surface area contributed by atoms with Gasteiger partial charge in [0.15, 0.2) is 0 Å². The molecule has 0 aromatic rings. The molecule has 1 unspecified atom stereocenters. The Morgan fingerprint density at radius 2 is 1.71 bits per heavy atom. The molecular weight excluding hydrogens is 178 g/mol. The number of amides is 2. The monoisotopic (exact) mass is 201 g/mol. The van der Waals surface area contributed by atoms with Gasteiger partial charge in [-0.15, -0.1) is 0 Å². The Morgan fingerprint density at radius 1 is 1.21 bits per heavy atom. The van der Waals surface area contributed by atoms with E-state index in [9.17, 15) is 4.79 Å². The molecule has 0 heterocycles. The lowest BCUT2D eigenvalue weighted by Gasteiger charge is -2.38. The average Bonchev–Trinajstić information content (AvgIpc) is 1.99. The van der Waals surface area contributed by atoms with Crippen molar-refractivity contribution in [1.82, 2.24) is 10.6 Å². The van der Waals surface area contributed by atoms with E-state index in [4.69, 9.17) is 5.73 Å². The second kappa shape index (κ2) is 4.64. The topological polar surface area (TPSA) is 67.2 Å². The van der Waals surface area contributed by atoms with Crippen LogP contribution in [-0.4, -0.2) is 24.7 Å². The van der Waals surface area contributed by atoms with E-state index in [0.29, 0.717) is 13.1 Å². The fourth-order valence-electron chi connectivity index (χ4n) is 0.752. The summed E-state index contributed by atoms with van der Waals surface area (Å²) in [6.45, 7) is 11.1. The fourth-order valence-corrected chi connectivity index (χ4v) is 0.752. The second-order valence-corrected chi connectivity index (χ2v) is 4.88. The van der Waals surface area contributed by atoms with Crippen molar-refractivity contribution in [2.45, 2.75) is 40.2 Å². The quantitative estimate of drug-likeness (QED) is 0.639. The standard InChI is InChI=1S/C10H23N3O/c1-6-12-8(14)13-7-10(5,11)9(2,3)4/h6-7,11H2,1-5H3,(H2,12,13,14). The molecule has 0 radical (unpaired) electrons. The third-order valence-electron chi connectivity index (χ3n) is 2.67. The first-order valence-electron chi connectivity index (χ1n) is 5.01. The molecule has 0 saturated carbocycles. The first-order chi connectivity index (χ1) is 6.20. The van der Waals surface area contributed by atoms with Crippen LogP contribution >= 0.6 is 0 Å². The molecule has 0 aliphatic heterocycles. The van der Waals surface area contributed by atoms with Gasteiger partial charge in [-0.1, -0.05) is 20.8 Å². The van der Waals surface area contributed by atoms with Gasteiger partial charge in [0, 0.05) is 18.6 Å². The predicted molar refractivity (Wildman–Crippen MR) is 59.1 cm³/mol. The summed E-state index contributed by atoms with van der Waals surface area (Å²) in [6, 6.07) is -0.159. The number of hydrogen-bond acceptors (Lipinski definition) is 2. The number of nitrogens with two attached hydrogens (primary N) is 1. The van der Waals surface area contributed by atoms with Crippen molar-refractivity contribution in [1.29, 1.82) is 0 Å². The van der Waals surface area contributed by atoms with Gasteiger partial charge in [-0.05, 0) is 19.3 Å². The molecule has 0 rings (SSSR count). The van der Waals surface area contributed by atoms with Gasteiger partial charge in [0.05, 0.1) is 0 Å². The lowest BCUT2D eigenvalue weighted by molar-refractivity contribution is 0.197. The zero-order valence-corrected chi connectivity index (χ0v) is 9.90. The van der Waals surface area contributed by atoms with Gasteiger partial charge in [-0.2, -0.15) is 0 Å². The number of carbonyl (C=O) groups excluding carboxylic acids is 1. The second-order valence-electron chi connectivity index (χ2n) is 4.88. The van der Waals surface area contributed by atoms with E-state index in [1.54, 1.807) is 0 Å². The molecule has 0 aliphatic carbocycles. The van der Waals surface area contributed by atoms with Gasteiger partial charge < -0.3 is 16.4 Å². The van der Waals surface area contributed by atoms with Gasteiger partial charge in [0.25, 0.3) is 0 Å². The van der Waals surface area contributed by atoms with E-state index in [1.165, 1.54) is 0 Å². The summed E-state index contributed by atoms with van der Waals surface area (Å²) in [4.78, 5) is 11.1. The van der Waals surface area contributed by atoms with Gasteiger partial charge in [-0.3, -0.25) is 0 Å². The van der Waals surface area contributed by atoms with Crippen LogP contribution in [-0.2, 0) is 0 Å². The first kappa shape index (κ1) is 13.2. The zero-order valence-electron chi connectivity index (χ0n) is 9.90. The summed E-state index contributed by atoms with van der Waals surface area (Å²) in [5.41, 5.74) is 5.66. The SMILES string of the molecule is CCNC(=O)NCC(C)(N)C(C)(C)C. The minimum Gasteiger partial charge on any atom is -0.338 e. The Kier molecular flexibility index (Phi) is 4.39. The Bertz CT molecular complexity index is 194. The van der Waals surface area contributed by atoms with Crippen molar-refractivity contribution < 1.29 is 4.79 Å². The van der Waals surface area contributed by atoms with E-state index < -0.39 is 5.54 Å². The Hall–Kier alpha value is -0.770. The van der Waals surface area contributed by atoms with Crippen molar-refractivity contribution in [3.63, 3.8) is 0 Å². The minimum absolute atomic E-state index is 0.0352. The first-order valence-corrected chi connectivity index (χ1v) is 5.01. The summed E-state index contributed by atoms with van der Waals surface area (Å²) in [7, 11) is 0. The van der Waals surface area contributed by atoms with Crippen LogP contribution in [0, 0.1) is 5.41 Å². The van der Waals surface area contributed by atoms with E-state index in [1.807, 2.05) is 13.8 Å². The maximum atomic E-state index is 11.1. The minimum atomic E-state index is -0.405. The lowest BCUT2D eigenvalue weighted by atomic mass is 9.75. The van der Waals surface area contributed by atoms with Crippen LogP contribution in [0.3, 0.4) is 0 Å². The highest BCUT2D eigenvalue weighted by molar-refractivity contribution is 5.73. The van der Waals surface area contributed by atoms with Gasteiger partial charge in [0.2, 0.25) is 0 Å². The maximum absolute atomic E-state index is 11.1. The van der Waals surface area contributed by atoms with Crippen LogP contribution in [0.4, 0.5) is 4.79 Å². The highest BCUT2D eigenvalue weighted by Gasteiger charge is 2.33. The number of nitrogens with one attached hydrogen (secondary N) is 2. The highest BCUT2D eigenvalue weighted by Crippen LogP contribution is 2.26. The van der Waals surface area contributed by atoms with Crippen LogP contribution in [0.5, 0.6) is 0 Å². The molecule has 2 amide bonds. The predicted octanol–water partition coefficient (Wildman–Crippen LogP) is 1.07. The number of rotatable bonds is 3. The van der Waals surface area contributed by atoms with E-state index in [0.717, 1.165) is 0 Å². The number of hydrogen-bond donors (Lipinski definition) is 3. The highest BCUT2D eigenvalue weighted by atomic mass is 16.2. The largest absolute Gasteiger partial charge is 0.338 e. The summed E-state index contributed by atoms with van der Waals surface area (Å²) in [5, 5.41) is 5.42. The smallest absolute Gasteiger partial charge is 0.314 e. The fraction of sp³-hybridized carbons (Fsp3) is 0.900. The molecule has 4 heteroatoms. The van der Waals surface area contributed by atoms with Gasteiger partial charge in [0.1, 0.15) is 0 Å².